The minimum absolute atomic E-state index is 0.237. The smallest absolute Gasteiger partial charge is 0.159 e. The van der Waals surface area contributed by atoms with Gasteiger partial charge in [0.2, 0.25) is 0 Å². The van der Waals surface area contributed by atoms with E-state index >= 15 is 0 Å². The number of allylic oxidation sites excluding steroid dienone is 4. The van der Waals surface area contributed by atoms with Crippen molar-refractivity contribution in [3.8, 4) is 0 Å². The zero-order chi connectivity index (χ0) is 8.10. The van der Waals surface area contributed by atoms with Crippen molar-refractivity contribution in [2.24, 2.45) is 0 Å². The van der Waals surface area contributed by atoms with Crippen LogP contribution in [-0.4, -0.2) is 5.78 Å². The summed E-state index contributed by atoms with van der Waals surface area (Å²) in [6.45, 7) is 1.88. The molecule has 1 heteroatoms. The highest BCUT2D eigenvalue weighted by Gasteiger charge is 2.06. The molecule has 0 radical (unpaired) electrons. The summed E-state index contributed by atoms with van der Waals surface area (Å²) in [5, 5.41) is 0. The van der Waals surface area contributed by atoms with E-state index in [4.69, 9.17) is 0 Å². The lowest BCUT2D eigenvalue weighted by atomic mass is 10.1. The monoisotopic (exact) mass is 150 g/mol. The van der Waals surface area contributed by atoms with Crippen molar-refractivity contribution in [3.63, 3.8) is 0 Å². The molecule has 1 nitrogen and oxygen atoms in total. The summed E-state index contributed by atoms with van der Waals surface area (Å²) in [5.41, 5.74) is 1.33. The summed E-state index contributed by atoms with van der Waals surface area (Å²) >= 11 is 0. The molecule has 11 heavy (non-hydrogen) atoms. The fourth-order valence-corrected chi connectivity index (χ4v) is 1.37. The predicted octanol–water partition coefficient (Wildman–Crippen LogP) is 2.63. The number of carbonyl (C=O) groups excluding carboxylic acids is 1. The van der Waals surface area contributed by atoms with Gasteiger partial charge in [-0.05, 0) is 32.3 Å². The van der Waals surface area contributed by atoms with Gasteiger partial charge in [-0.2, -0.15) is 0 Å². The third-order valence-electron chi connectivity index (χ3n) is 1.89. The van der Waals surface area contributed by atoms with Crippen LogP contribution in [0.4, 0.5) is 0 Å². The first-order chi connectivity index (χ1) is 5.33. The lowest BCUT2D eigenvalue weighted by molar-refractivity contribution is -0.114. The lowest BCUT2D eigenvalue weighted by Crippen LogP contribution is -1.93. The van der Waals surface area contributed by atoms with Gasteiger partial charge < -0.3 is 0 Å². The maximum absolute atomic E-state index is 11.1. The Morgan fingerprint density at radius 3 is 3.09 bits per heavy atom. The van der Waals surface area contributed by atoms with Crippen LogP contribution < -0.4 is 0 Å². The zero-order valence-electron chi connectivity index (χ0n) is 6.97. The van der Waals surface area contributed by atoms with E-state index in [1.807, 2.05) is 6.92 Å². The van der Waals surface area contributed by atoms with Crippen molar-refractivity contribution < 1.29 is 4.79 Å². The molecule has 0 N–H and O–H groups in total. The van der Waals surface area contributed by atoms with Crippen LogP contribution in [0, 0.1) is 0 Å². The predicted molar refractivity (Wildman–Crippen MR) is 46.4 cm³/mol. The highest BCUT2D eigenvalue weighted by Crippen LogP contribution is 2.20. The SMILES string of the molecule is C/C=C/C(=O)CC1=CCCC1. The molecule has 0 saturated heterocycles. The molecule has 0 spiro atoms. The molecule has 1 aliphatic rings. The van der Waals surface area contributed by atoms with Crippen LogP contribution in [0.2, 0.25) is 0 Å². The molecule has 0 aromatic carbocycles. The van der Waals surface area contributed by atoms with Gasteiger partial charge in [0.1, 0.15) is 0 Å². The van der Waals surface area contributed by atoms with Crippen LogP contribution in [0.1, 0.15) is 32.6 Å². The zero-order valence-corrected chi connectivity index (χ0v) is 6.97. The van der Waals surface area contributed by atoms with Gasteiger partial charge in [0, 0.05) is 6.42 Å². The molecule has 0 atom stereocenters. The third-order valence-corrected chi connectivity index (χ3v) is 1.89. The van der Waals surface area contributed by atoms with Crippen LogP contribution in [-0.2, 0) is 4.79 Å². The summed E-state index contributed by atoms with van der Waals surface area (Å²) < 4.78 is 0. The first kappa shape index (κ1) is 8.25. The van der Waals surface area contributed by atoms with Crippen LogP contribution in [0.15, 0.2) is 23.8 Å². The summed E-state index contributed by atoms with van der Waals surface area (Å²) in [4.78, 5) is 11.1. The van der Waals surface area contributed by atoms with Gasteiger partial charge in [-0.25, -0.2) is 0 Å². The molecule has 0 aliphatic heterocycles. The Kier molecular flexibility index (Phi) is 3.09. The van der Waals surface area contributed by atoms with Crippen molar-refractivity contribution in [1.82, 2.24) is 0 Å². The Bertz CT molecular complexity index is 199. The normalized spacial score (nSPS) is 17.4. The van der Waals surface area contributed by atoms with Gasteiger partial charge in [0.15, 0.2) is 5.78 Å². The highest BCUT2D eigenvalue weighted by atomic mass is 16.1. The van der Waals surface area contributed by atoms with E-state index in [1.165, 1.54) is 18.4 Å². The lowest BCUT2D eigenvalue weighted by Gasteiger charge is -1.95. The van der Waals surface area contributed by atoms with E-state index in [0.29, 0.717) is 6.42 Å². The van der Waals surface area contributed by atoms with Crippen LogP contribution >= 0.6 is 0 Å². The van der Waals surface area contributed by atoms with Crippen molar-refractivity contribution >= 4 is 5.78 Å². The summed E-state index contributed by atoms with van der Waals surface area (Å²) in [6.07, 6.45) is 9.82. The molecule has 0 saturated carbocycles. The number of rotatable bonds is 3. The summed E-state index contributed by atoms with van der Waals surface area (Å²) in [7, 11) is 0. The minimum Gasteiger partial charge on any atom is -0.295 e. The fourth-order valence-electron chi connectivity index (χ4n) is 1.37. The van der Waals surface area contributed by atoms with Gasteiger partial charge in [-0.15, -0.1) is 0 Å². The van der Waals surface area contributed by atoms with E-state index < -0.39 is 0 Å². The van der Waals surface area contributed by atoms with Crippen molar-refractivity contribution in [3.05, 3.63) is 23.8 Å². The van der Waals surface area contributed by atoms with Crippen molar-refractivity contribution in [2.45, 2.75) is 32.6 Å². The van der Waals surface area contributed by atoms with Gasteiger partial charge in [0.25, 0.3) is 0 Å². The van der Waals surface area contributed by atoms with Crippen LogP contribution in [0.25, 0.3) is 0 Å². The molecule has 0 amide bonds. The maximum atomic E-state index is 11.1. The second-order valence-electron chi connectivity index (χ2n) is 2.90. The number of hydrogen-bond donors (Lipinski definition) is 0. The minimum atomic E-state index is 0.237. The standard InChI is InChI=1S/C10H14O/c1-2-5-10(11)8-9-6-3-4-7-9/h2,5-6H,3-4,7-8H2,1H3/b5-2+. The Morgan fingerprint density at radius 1 is 1.73 bits per heavy atom. The largest absolute Gasteiger partial charge is 0.295 e. The van der Waals surface area contributed by atoms with E-state index in [9.17, 15) is 4.79 Å². The molecule has 0 bridgehead atoms. The number of carbonyl (C=O) groups is 1. The first-order valence-electron chi connectivity index (χ1n) is 4.16. The average Bonchev–Trinajstić information content (AvgIpc) is 2.40. The summed E-state index contributed by atoms with van der Waals surface area (Å²) in [5.74, 6) is 0.237. The fraction of sp³-hybridized carbons (Fsp3) is 0.500. The quantitative estimate of drug-likeness (QED) is 0.446. The first-order valence-corrected chi connectivity index (χ1v) is 4.16. The van der Waals surface area contributed by atoms with Gasteiger partial charge in [-0.3, -0.25) is 4.79 Å². The molecule has 0 aromatic rings. The Labute approximate surface area is 67.8 Å². The molecule has 0 heterocycles. The number of hydrogen-bond acceptors (Lipinski definition) is 1. The van der Waals surface area contributed by atoms with Gasteiger partial charge in [-0.1, -0.05) is 17.7 Å². The molecular weight excluding hydrogens is 136 g/mol. The molecule has 60 valence electrons. The molecule has 0 aromatic heterocycles. The van der Waals surface area contributed by atoms with Gasteiger partial charge >= 0.3 is 0 Å². The van der Waals surface area contributed by atoms with E-state index in [0.717, 1.165) is 6.42 Å². The van der Waals surface area contributed by atoms with Crippen LogP contribution in [0.3, 0.4) is 0 Å². The van der Waals surface area contributed by atoms with Crippen LogP contribution in [0.5, 0.6) is 0 Å². The Balaban J connectivity index is 2.35. The Morgan fingerprint density at radius 2 is 2.55 bits per heavy atom. The maximum Gasteiger partial charge on any atom is 0.159 e. The molecule has 1 aliphatic carbocycles. The van der Waals surface area contributed by atoms with Crippen molar-refractivity contribution in [2.75, 3.05) is 0 Å². The summed E-state index contributed by atoms with van der Waals surface area (Å²) in [6, 6.07) is 0. The van der Waals surface area contributed by atoms with Gasteiger partial charge in [0.05, 0.1) is 0 Å². The Hall–Kier alpha value is -0.850. The molecule has 1 rings (SSSR count). The molecule has 0 unspecified atom stereocenters. The second-order valence-corrected chi connectivity index (χ2v) is 2.90. The molecule has 0 fully saturated rings. The average molecular weight is 150 g/mol. The topological polar surface area (TPSA) is 17.1 Å². The van der Waals surface area contributed by atoms with E-state index in [-0.39, 0.29) is 5.78 Å². The second kappa shape index (κ2) is 4.12. The van der Waals surface area contributed by atoms with E-state index in [1.54, 1.807) is 12.2 Å². The molecular formula is C10H14O. The van der Waals surface area contributed by atoms with E-state index in [2.05, 4.69) is 6.08 Å². The third kappa shape index (κ3) is 2.71. The highest BCUT2D eigenvalue weighted by molar-refractivity contribution is 5.91. The van der Waals surface area contributed by atoms with Crippen molar-refractivity contribution in [1.29, 1.82) is 0 Å². The number of ketones is 1.